The zero-order valence-corrected chi connectivity index (χ0v) is 17.0. The Kier molecular flexibility index (Phi) is 4.33. The molecule has 1 amide bonds. The van der Waals surface area contributed by atoms with Crippen molar-refractivity contribution >= 4 is 30.2 Å². The van der Waals surface area contributed by atoms with Crippen LogP contribution in [0.1, 0.15) is 33.5 Å². The van der Waals surface area contributed by atoms with Gasteiger partial charge in [0.25, 0.3) is 0 Å². The Hall–Kier alpha value is -3.65. The highest BCUT2D eigenvalue weighted by Crippen LogP contribution is 2.57. The number of hydrogen-bond donors (Lipinski definition) is 4. The summed E-state index contributed by atoms with van der Waals surface area (Å²) >= 11 is 4.06. The molecule has 1 spiro atoms. The number of carbonyl (C=O) groups is 2. The van der Waals surface area contributed by atoms with Gasteiger partial charge in [-0.2, -0.15) is 12.6 Å². The Morgan fingerprint density at radius 2 is 1.55 bits per heavy atom. The molecule has 2 heterocycles. The van der Waals surface area contributed by atoms with Crippen LogP contribution in [-0.4, -0.2) is 27.8 Å². The van der Waals surface area contributed by atoms with Gasteiger partial charge in [-0.05, 0) is 42.2 Å². The summed E-state index contributed by atoms with van der Waals surface area (Å²) in [6.07, 6.45) is 0.250. The molecule has 0 unspecified atom stereocenters. The summed E-state index contributed by atoms with van der Waals surface area (Å²) in [6.45, 7) is 0. The molecule has 0 radical (unpaired) electrons. The minimum Gasteiger partial charge on any atom is -0.508 e. The molecule has 0 bridgehead atoms. The van der Waals surface area contributed by atoms with Gasteiger partial charge in [0, 0.05) is 40.9 Å². The van der Waals surface area contributed by atoms with Crippen LogP contribution in [0.15, 0.2) is 54.6 Å². The number of phenolic OH excluding ortho intramolecular Hbond substituents is 2. The lowest BCUT2D eigenvalue weighted by Crippen LogP contribution is -2.32. The molecule has 2 aliphatic rings. The van der Waals surface area contributed by atoms with Gasteiger partial charge in [-0.1, -0.05) is 6.07 Å². The molecule has 3 aromatic rings. The number of phenols is 2. The van der Waals surface area contributed by atoms with E-state index in [0.29, 0.717) is 45.2 Å². The summed E-state index contributed by atoms with van der Waals surface area (Å²) in [6, 6.07) is 14.2. The van der Waals surface area contributed by atoms with Crippen LogP contribution >= 0.6 is 12.6 Å². The van der Waals surface area contributed by atoms with E-state index in [0.717, 1.165) is 0 Å². The highest BCUT2D eigenvalue weighted by molar-refractivity contribution is 7.80. The lowest BCUT2D eigenvalue weighted by Gasteiger charge is -2.36. The van der Waals surface area contributed by atoms with E-state index in [9.17, 15) is 19.8 Å². The number of ether oxygens (including phenoxy) is 2. The zero-order valence-electron chi connectivity index (χ0n) is 16.1. The summed E-state index contributed by atoms with van der Waals surface area (Å²) in [5, 5.41) is 22.7. The summed E-state index contributed by atoms with van der Waals surface area (Å²) in [4.78, 5) is 24.9. The van der Waals surface area contributed by atoms with Crippen LogP contribution < -0.4 is 10.1 Å². The summed E-state index contributed by atoms with van der Waals surface area (Å²) in [7, 11) is 0. The predicted octanol–water partition coefficient (Wildman–Crippen LogP) is 3.92. The van der Waals surface area contributed by atoms with Crippen molar-refractivity contribution in [1.82, 2.24) is 0 Å². The average Bonchev–Trinajstić information content (AvgIpc) is 3.00. The molecule has 31 heavy (non-hydrogen) atoms. The molecule has 8 heteroatoms. The van der Waals surface area contributed by atoms with Crippen LogP contribution in [-0.2, 0) is 15.1 Å². The molecule has 156 valence electrons. The third kappa shape index (κ3) is 2.90. The molecule has 5 rings (SSSR count). The van der Waals surface area contributed by atoms with E-state index < -0.39 is 11.6 Å². The number of anilines is 1. The molecular weight excluding hydrogens is 418 g/mol. The minimum atomic E-state index is -1.32. The van der Waals surface area contributed by atoms with Crippen molar-refractivity contribution in [3.8, 4) is 23.0 Å². The van der Waals surface area contributed by atoms with Gasteiger partial charge in [0.05, 0.1) is 5.56 Å². The molecule has 0 fully saturated rings. The molecule has 0 saturated heterocycles. The average molecular weight is 435 g/mol. The molecule has 7 nitrogen and oxygen atoms in total. The van der Waals surface area contributed by atoms with Gasteiger partial charge in [-0.15, -0.1) is 0 Å². The number of esters is 1. The molecule has 3 N–H and O–H groups in total. The number of aromatic hydroxyl groups is 2. The Balaban J connectivity index is 1.71. The van der Waals surface area contributed by atoms with Crippen LogP contribution in [0, 0.1) is 0 Å². The fourth-order valence-corrected chi connectivity index (χ4v) is 4.31. The van der Waals surface area contributed by atoms with Gasteiger partial charge in [-0.3, -0.25) is 4.79 Å². The number of amides is 1. The third-order valence-corrected chi connectivity index (χ3v) is 5.62. The fourth-order valence-electron chi connectivity index (χ4n) is 4.11. The molecule has 2 aliphatic heterocycles. The topological polar surface area (TPSA) is 105 Å². The zero-order chi connectivity index (χ0) is 21.8. The number of hydrogen-bond acceptors (Lipinski definition) is 7. The highest BCUT2D eigenvalue weighted by Gasteiger charge is 2.53. The maximum atomic E-state index is 13.0. The lowest BCUT2D eigenvalue weighted by molar-refractivity contribution is -0.115. The van der Waals surface area contributed by atoms with Crippen LogP contribution in [0.25, 0.3) is 0 Å². The maximum absolute atomic E-state index is 13.0. The van der Waals surface area contributed by atoms with Gasteiger partial charge in [-0.25, -0.2) is 4.79 Å². The molecule has 0 aliphatic carbocycles. The van der Waals surface area contributed by atoms with Gasteiger partial charge in [0.15, 0.2) is 5.60 Å². The van der Waals surface area contributed by atoms with E-state index in [-0.39, 0.29) is 23.8 Å². The molecule has 0 saturated carbocycles. The molecule has 3 aromatic carbocycles. The Morgan fingerprint density at radius 1 is 0.935 bits per heavy atom. The predicted molar refractivity (Wildman–Crippen MR) is 115 cm³/mol. The van der Waals surface area contributed by atoms with E-state index in [4.69, 9.17) is 9.47 Å². The molecular formula is C23H17NO6S. The van der Waals surface area contributed by atoms with Crippen LogP contribution in [0.5, 0.6) is 23.0 Å². The second-order valence-corrected chi connectivity index (χ2v) is 7.76. The quantitative estimate of drug-likeness (QED) is 0.367. The van der Waals surface area contributed by atoms with E-state index >= 15 is 0 Å². The summed E-state index contributed by atoms with van der Waals surface area (Å²) in [5.41, 5.74) is 1.13. The van der Waals surface area contributed by atoms with Gasteiger partial charge < -0.3 is 25.0 Å². The van der Waals surface area contributed by atoms with E-state index in [2.05, 4.69) is 17.9 Å². The summed E-state index contributed by atoms with van der Waals surface area (Å²) < 4.78 is 11.9. The monoisotopic (exact) mass is 435 g/mol. The minimum absolute atomic E-state index is 0.00991. The first kappa shape index (κ1) is 19.3. The number of nitrogens with one attached hydrogen (secondary N) is 1. The Morgan fingerprint density at radius 3 is 2.16 bits per heavy atom. The first-order valence-electron chi connectivity index (χ1n) is 9.56. The van der Waals surface area contributed by atoms with Crippen molar-refractivity contribution in [2.45, 2.75) is 12.0 Å². The number of carbonyl (C=O) groups excluding carboxylic acids is 2. The SMILES string of the molecule is O=C(CCS)Nc1ccc2c(c1)C(=O)OC21c2ccc(O)cc2Oc2cc(O)ccc21. The largest absolute Gasteiger partial charge is 0.508 e. The number of rotatable bonds is 3. The third-order valence-electron chi connectivity index (χ3n) is 5.40. The standard InChI is InChI=1S/C23H17NO6S/c25-13-2-5-17-19(10-13)29-20-11-14(26)3-6-18(20)23(17)16-4-1-12(24-21(27)7-8-31)9-15(16)22(28)30-23/h1-6,9-11,25-26,31H,7-8H2,(H,24,27). The van der Waals surface area contributed by atoms with Crippen molar-refractivity contribution in [2.24, 2.45) is 0 Å². The van der Waals surface area contributed by atoms with Crippen molar-refractivity contribution in [3.63, 3.8) is 0 Å². The smallest absolute Gasteiger partial charge is 0.340 e. The van der Waals surface area contributed by atoms with Crippen LogP contribution in [0.4, 0.5) is 5.69 Å². The highest BCUT2D eigenvalue weighted by atomic mass is 32.1. The van der Waals surface area contributed by atoms with Crippen LogP contribution in [0.2, 0.25) is 0 Å². The van der Waals surface area contributed by atoms with E-state index in [1.807, 2.05) is 0 Å². The Bertz CT molecular complexity index is 1200. The second-order valence-electron chi connectivity index (χ2n) is 7.32. The lowest BCUT2D eigenvalue weighted by atomic mass is 9.77. The van der Waals surface area contributed by atoms with Crippen LogP contribution in [0.3, 0.4) is 0 Å². The van der Waals surface area contributed by atoms with Gasteiger partial charge in [0.1, 0.15) is 23.0 Å². The maximum Gasteiger partial charge on any atom is 0.340 e. The Labute approximate surface area is 182 Å². The number of benzene rings is 3. The normalized spacial score (nSPS) is 14.8. The van der Waals surface area contributed by atoms with E-state index in [1.165, 1.54) is 24.3 Å². The number of fused-ring (bicyclic) bond motifs is 6. The van der Waals surface area contributed by atoms with E-state index in [1.54, 1.807) is 30.3 Å². The van der Waals surface area contributed by atoms with Crippen molar-refractivity contribution in [2.75, 3.05) is 11.1 Å². The first-order chi connectivity index (χ1) is 14.9. The van der Waals surface area contributed by atoms with Crippen molar-refractivity contribution in [1.29, 1.82) is 0 Å². The summed E-state index contributed by atoms with van der Waals surface area (Å²) in [5.74, 6) is 0.252. The number of thiol groups is 1. The fraction of sp³-hybridized carbons (Fsp3) is 0.130. The van der Waals surface area contributed by atoms with Crippen molar-refractivity contribution in [3.05, 3.63) is 76.9 Å². The van der Waals surface area contributed by atoms with Gasteiger partial charge in [0.2, 0.25) is 5.91 Å². The molecule has 0 atom stereocenters. The second kappa shape index (κ2) is 6.95. The van der Waals surface area contributed by atoms with Crippen molar-refractivity contribution < 1.29 is 29.3 Å². The molecule has 0 aromatic heterocycles. The van der Waals surface area contributed by atoms with Gasteiger partial charge >= 0.3 is 5.97 Å². The first-order valence-corrected chi connectivity index (χ1v) is 10.2.